The number of amides is 3. The van der Waals surface area contributed by atoms with Gasteiger partial charge in [-0.3, -0.25) is 19.7 Å². The summed E-state index contributed by atoms with van der Waals surface area (Å²) < 4.78 is 5.99. The van der Waals surface area contributed by atoms with Crippen LogP contribution in [0.25, 0.3) is 0 Å². The number of fused-ring (bicyclic) bond motifs is 1. The molecule has 2 aliphatic heterocycles. The van der Waals surface area contributed by atoms with Crippen LogP contribution >= 0.6 is 15.9 Å². The maximum Gasteiger partial charge on any atom is 0.255 e. The Kier molecular flexibility index (Phi) is 5.17. The first kappa shape index (κ1) is 18.7. The van der Waals surface area contributed by atoms with E-state index in [0.717, 1.165) is 16.5 Å². The third-order valence-electron chi connectivity index (χ3n) is 5.11. The number of alkyl halides is 1. The van der Waals surface area contributed by atoms with Crippen molar-refractivity contribution in [3.8, 4) is 5.75 Å². The lowest BCUT2D eigenvalue weighted by atomic mass is 10.0. The van der Waals surface area contributed by atoms with Crippen LogP contribution in [0.1, 0.15) is 39.9 Å². The summed E-state index contributed by atoms with van der Waals surface area (Å²) in [5.41, 5.74) is 3.56. The topological polar surface area (TPSA) is 75.7 Å². The predicted octanol–water partition coefficient (Wildman–Crippen LogP) is 2.92. The maximum absolute atomic E-state index is 12.8. The first-order valence-electron chi connectivity index (χ1n) is 9.10. The van der Waals surface area contributed by atoms with Crippen molar-refractivity contribution in [2.24, 2.45) is 0 Å². The highest BCUT2D eigenvalue weighted by atomic mass is 79.9. The van der Waals surface area contributed by atoms with Gasteiger partial charge in [-0.1, -0.05) is 46.3 Å². The number of benzene rings is 2. The van der Waals surface area contributed by atoms with Crippen molar-refractivity contribution in [1.29, 1.82) is 0 Å². The second kappa shape index (κ2) is 7.75. The first-order chi connectivity index (χ1) is 13.6. The SMILES string of the molecule is O=C1CCC(N2Cc3c(OCc4ccc(CBr)cc4)cccc3C2=O)C(=O)N1. The van der Waals surface area contributed by atoms with Crippen LogP contribution in [0.3, 0.4) is 0 Å². The molecule has 2 aliphatic rings. The molecule has 2 heterocycles. The largest absolute Gasteiger partial charge is 0.489 e. The van der Waals surface area contributed by atoms with Gasteiger partial charge in [-0.25, -0.2) is 0 Å². The molecule has 0 saturated carbocycles. The van der Waals surface area contributed by atoms with Crippen molar-refractivity contribution in [3.05, 3.63) is 64.7 Å². The molecule has 1 saturated heterocycles. The van der Waals surface area contributed by atoms with E-state index in [0.29, 0.717) is 30.9 Å². The summed E-state index contributed by atoms with van der Waals surface area (Å²) in [6, 6.07) is 12.9. The van der Waals surface area contributed by atoms with E-state index in [9.17, 15) is 14.4 Å². The van der Waals surface area contributed by atoms with E-state index in [1.165, 1.54) is 10.5 Å². The van der Waals surface area contributed by atoms with Crippen molar-refractivity contribution in [1.82, 2.24) is 10.2 Å². The van der Waals surface area contributed by atoms with Crippen LogP contribution in [0.4, 0.5) is 0 Å². The lowest BCUT2D eigenvalue weighted by Crippen LogP contribution is -2.52. The van der Waals surface area contributed by atoms with Gasteiger partial charge in [0.25, 0.3) is 5.91 Å². The van der Waals surface area contributed by atoms with Crippen LogP contribution in [0.2, 0.25) is 0 Å². The average molecular weight is 443 g/mol. The van der Waals surface area contributed by atoms with Crippen LogP contribution in [0, 0.1) is 0 Å². The number of piperidine rings is 1. The van der Waals surface area contributed by atoms with E-state index >= 15 is 0 Å². The summed E-state index contributed by atoms with van der Waals surface area (Å²) in [7, 11) is 0. The Morgan fingerprint density at radius 1 is 1.07 bits per heavy atom. The van der Waals surface area contributed by atoms with Gasteiger partial charge < -0.3 is 9.64 Å². The molecule has 0 bridgehead atoms. The van der Waals surface area contributed by atoms with Crippen LogP contribution in [0.15, 0.2) is 42.5 Å². The smallest absolute Gasteiger partial charge is 0.255 e. The molecule has 144 valence electrons. The fourth-order valence-corrected chi connectivity index (χ4v) is 3.95. The molecule has 3 amide bonds. The Morgan fingerprint density at radius 2 is 1.82 bits per heavy atom. The minimum absolute atomic E-state index is 0.198. The van der Waals surface area contributed by atoms with E-state index in [1.54, 1.807) is 12.1 Å². The van der Waals surface area contributed by atoms with Crippen molar-refractivity contribution in [2.45, 2.75) is 37.4 Å². The zero-order valence-corrected chi connectivity index (χ0v) is 16.7. The number of halogens is 1. The van der Waals surface area contributed by atoms with Crippen molar-refractivity contribution in [2.75, 3.05) is 0 Å². The molecule has 1 atom stereocenters. The lowest BCUT2D eigenvalue weighted by Gasteiger charge is -2.29. The van der Waals surface area contributed by atoms with Crippen LogP contribution in [-0.4, -0.2) is 28.7 Å². The second-order valence-corrected chi connectivity index (χ2v) is 7.48. The Labute approximate surface area is 171 Å². The first-order valence-corrected chi connectivity index (χ1v) is 10.2. The van der Waals surface area contributed by atoms with Crippen molar-refractivity contribution >= 4 is 33.7 Å². The third-order valence-corrected chi connectivity index (χ3v) is 5.76. The maximum atomic E-state index is 12.8. The molecule has 1 unspecified atom stereocenters. The number of imide groups is 1. The molecule has 1 N–H and O–H groups in total. The number of carbonyl (C=O) groups is 3. The van der Waals surface area contributed by atoms with Gasteiger partial charge in [0, 0.05) is 22.9 Å². The molecule has 6 nitrogen and oxygen atoms in total. The summed E-state index contributed by atoms with van der Waals surface area (Å²) in [4.78, 5) is 37.9. The number of hydrogen-bond donors (Lipinski definition) is 1. The summed E-state index contributed by atoms with van der Waals surface area (Å²) >= 11 is 3.43. The van der Waals surface area contributed by atoms with Gasteiger partial charge >= 0.3 is 0 Å². The quantitative estimate of drug-likeness (QED) is 0.570. The molecule has 0 radical (unpaired) electrons. The fraction of sp³-hybridized carbons (Fsp3) is 0.286. The Bertz CT molecular complexity index is 942. The Hall–Kier alpha value is -2.67. The lowest BCUT2D eigenvalue weighted by molar-refractivity contribution is -0.136. The molecular formula is C21H19BrN2O4. The van der Waals surface area contributed by atoms with Gasteiger partial charge in [0.15, 0.2) is 0 Å². The summed E-state index contributed by atoms with van der Waals surface area (Å²) in [5.74, 6) is -0.256. The molecule has 0 aromatic heterocycles. The van der Waals surface area contributed by atoms with Gasteiger partial charge in [0.05, 0.1) is 6.54 Å². The van der Waals surface area contributed by atoms with Gasteiger partial charge in [0.1, 0.15) is 18.4 Å². The second-order valence-electron chi connectivity index (χ2n) is 6.92. The number of nitrogens with zero attached hydrogens (tertiary/aromatic N) is 1. The summed E-state index contributed by atoms with van der Waals surface area (Å²) in [5, 5.41) is 3.12. The van der Waals surface area contributed by atoms with Gasteiger partial charge in [0.2, 0.25) is 11.8 Å². The molecule has 2 aromatic carbocycles. The van der Waals surface area contributed by atoms with Gasteiger partial charge in [-0.15, -0.1) is 0 Å². The molecular weight excluding hydrogens is 424 g/mol. The number of ether oxygens (including phenoxy) is 1. The monoisotopic (exact) mass is 442 g/mol. The molecule has 0 spiro atoms. The van der Waals surface area contributed by atoms with Gasteiger partial charge in [-0.2, -0.15) is 0 Å². The zero-order chi connectivity index (χ0) is 19.7. The average Bonchev–Trinajstić information content (AvgIpc) is 3.04. The number of rotatable bonds is 5. The van der Waals surface area contributed by atoms with Crippen LogP contribution in [-0.2, 0) is 28.1 Å². The number of nitrogens with one attached hydrogen (secondary N) is 1. The Balaban J connectivity index is 1.50. The molecule has 0 aliphatic carbocycles. The molecule has 7 heteroatoms. The highest BCUT2D eigenvalue weighted by molar-refractivity contribution is 9.08. The highest BCUT2D eigenvalue weighted by Crippen LogP contribution is 2.33. The normalized spacial score (nSPS) is 18.8. The standard InChI is InChI=1S/C21H19BrN2O4/c22-10-13-4-6-14(7-5-13)12-28-18-3-1-2-15-16(18)11-24(21(15)27)17-8-9-19(25)23-20(17)26/h1-7,17H,8-12H2,(H,23,25,26). The van der Waals surface area contributed by atoms with E-state index in [1.807, 2.05) is 30.3 Å². The molecule has 28 heavy (non-hydrogen) atoms. The van der Waals surface area contributed by atoms with E-state index < -0.39 is 11.9 Å². The number of hydrogen-bond acceptors (Lipinski definition) is 4. The minimum atomic E-state index is -0.623. The summed E-state index contributed by atoms with van der Waals surface area (Å²) in [6.07, 6.45) is 0.588. The van der Waals surface area contributed by atoms with E-state index in [4.69, 9.17) is 4.74 Å². The summed E-state index contributed by atoms with van der Waals surface area (Å²) in [6.45, 7) is 0.699. The zero-order valence-electron chi connectivity index (χ0n) is 15.1. The van der Waals surface area contributed by atoms with Crippen molar-refractivity contribution < 1.29 is 19.1 Å². The van der Waals surface area contributed by atoms with Gasteiger partial charge in [-0.05, 0) is 29.7 Å². The highest BCUT2D eigenvalue weighted by Gasteiger charge is 2.40. The molecule has 2 aromatic rings. The fourth-order valence-electron chi connectivity index (χ4n) is 3.58. The van der Waals surface area contributed by atoms with Crippen LogP contribution < -0.4 is 10.1 Å². The van der Waals surface area contributed by atoms with E-state index in [2.05, 4.69) is 21.2 Å². The van der Waals surface area contributed by atoms with Crippen molar-refractivity contribution in [3.63, 3.8) is 0 Å². The third kappa shape index (κ3) is 3.54. The molecule has 1 fully saturated rings. The predicted molar refractivity (Wildman–Crippen MR) is 106 cm³/mol. The van der Waals surface area contributed by atoms with E-state index in [-0.39, 0.29) is 18.2 Å². The minimum Gasteiger partial charge on any atom is -0.489 e. The van der Waals surface area contributed by atoms with Crippen LogP contribution in [0.5, 0.6) is 5.75 Å². The number of carbonyl (C=O) groups excluding carboxylic acids is 3. The molecule has 4 rings (SSSR count). The Morgan fingerprint density at radius 3 is 2.54 bits per heavy atom.